The first-order chi connectivity index (χ1) is 9.49. The van der Waals surface area contributed by atoms with E-state index in [1.165, 1.54) is 11.3 Å². The third-order valence-electron chi connectivity index (χ3n) is 3.75. The van der Waals surface area contributed by atoms with Crippen molar-refractivity contribution in [1.29, 1.82) is 0 Å². The summed E-state index contributed by atoms with van der Waals surface area (Å²) in [7, 11) is 5.90. The van der Waals surface area contributed by atoms with Gasteiger partial charge in [-0.1, -0.05) is 12.1 Å². The van der Waals surface area contributed by atoms with Crippen LogP contribution in [0, 0.1) is 0 Å². The molecular weight excluding hydrogens is 250 g/mol. The van der Waals surface area contributed by atoms with E-state index in [2.05, 4.69) is 34.5 Å². The summed E-state index contributed by atoms with van der Waals surface area (Å²) in [5.74, 6) is 0.123. The minimum Gasteiger partial charge on any atom is -0.378 e. The van der Waals surface area contributed by atoms with Crippen LogP contribution in [0.25, 0.3) is 0 Å². The van der Waals surface area contributed by atoms with Crippen molar-refractivity contribution in [3.63, 3.8) is 0 Å². The third kappa shape index (κ3) is 3.20. The quantitative estimate of drug-likeness (QED) is 0.847. The molecule has 0 aromatic heterocycles. The lowest BCUT2D eigenvalue weighted by molar-refractivity contribution is -0.126. The van der Waals surface area contributed by atoms with Crippen LogP contribution in [0.2, 0.25) is 0 Å². The van der Waals surface area contributed by atoms with Gasteiger partial charge in [0.05, 0.1) is 0 Å². The Hall–Kier alpha value is -1.81. The van der Waals surface area contributed by atoms with E-state index in [4.69, 9.17) is 0 Å². The molecule has 1 fully saturated rings. The molecule has 1 N–H and O–H groups in total. The SMILES string of the molecule is CC(C(=O)N(C)Cc1ccc(N(C)C)cc1)=C1CNC1. The maximum Gasteiger partial charge on any atom is 0.249 e. The van der Waals surface area contributed by atoms with E-state index in [9.17, 15) is 4.79 Å². The highest BCUT2D eigenvalue weighted by molar-refractivity contribution is 5.93. The molecule has 0 atom stereocenters. The molecule has 4 heteroatoms. The van der Waals surface area contributed by atoms with Crippen LogP contribution in [0.15, 0.2) is 35.4 Å². The number of hydrogen-bond acceptors (Lipinski definition) is 3. The molecule has 20 heavy (non-hydrogen) atoms. The fraction of sp³-hybridized carbons (Fsp3) is 0.438. The summed E-state index contributed by atoms with van der Waals surface area (Å²) in [6, 6.07) is 8.31. The highest BCUT2D eigenvalue weighted by Gasteiger charge is 2.18. The van der Waals surface area contributed by atoms with Crippen LogP contribution in [-0.4, -0.2) is 45.0 Å². The maximum absolute atomic E-state index is 12.3. The van der Waals surface area contributed by atoms with Gasteiger partial charge in [0.1, 0.15) is 0 Å². The Balaban J connectivity index is 2.00. The predicted molar refractivity (Wildman–Crippen MR) is 82.8 cm³/mol. The van der Waals surface area contributed by atoms with Crippen LogP contribution in [0.4, 0.5) is 5.69 Å². The zero-order valence-corrected chi connectivity index (χ0v) is 12.7. The van der Waals surface area contributed by atoms with Crippen molar-refractivity contribution in [3.05, 3.63) is 41.0 Å². The van der Waals surface area contributed by atoms with Gasteiger partial charge in [-0.05, 0) is 30.2 Å². The van der Waals surface area contributed by atoms with Gasteiger partial charge >= 0.3 is 0 Å². The van der Waals surface area contributed by atoms with Gasteiger partial charge in [-0.15, -0.1) is 0 Å². The molecule has 0 unspecified atom stereocenters. The number of benzene rings is 1. The Morgan fingerprint density at radius 3 is 2.20 bits per heavy atom. The molecule has 4 nitrogen and oxygen atoms in total. The number of nitrogens with zero attached hydrogens (tertiary/aromatic N) is 2. The maximum atomic E-state index is 12.3. The highest BCUT2D eigenvalue weighted by atomic mass is 16.2. The predicted octanol–water partition coefficient (Wildman–Crippen LogP) is 1.63. The first-order valence-corrected chi connectivity index (χ1v) is 6.90. The van der Waals surface area contributed by atoms with Gasteiger partial charge in [0, 0.05) is 52.0 Å². The number of hydrogen-bond donors (Lipinski definition) is 1. The molecule has 108 valence electrons. The summed E-state index contributed by atoms with van der Waals surface area (Å²) in [6.45, 7) is 4.26. The molecule has 0 spiro atoms. The second-order valence-corrected chi connectivity index (χ2v) is 5.55. The van der Waals surface area contributed by atoms with Crippen molar-refractivity contribution in [2.45, 2.75) is 13.5 Å². The van der Waals surface area contributed by atoms with Crippen LogP contribution < -0.4 is 10.2 Å². The summed E-state index contributed by atoms with van der Waals surface area (Å²) in [5.41, 5.74) is 4.43. The van der Waals surface area contributed by atoms with Crippen LogP contribution in [0.1, 0.15) is 12.5 Å². The smallest absolute Gasteiger partial charge is 0.249 e. The lowest BCUT2D eigenvalue weighted by Crippen LogP contribution is -2.38. The molecule has 1 heterocycles. The number of rotatable bonds is 4. The van der Waals surface area contributed by atoms with Gasteiger partial charge in [0.15, 0.2) is 0 Å². The molecule has 0 saturated carbocycles. The molecule has 1 amide bonds. The Labute approximate surface area is 121 Å². The lowest BCUT2D eigenvalue weighted by Gasteiger charge is -2.25. The van der Waals surface area contributed by atoms with Crippen LogP contribution >= 0.6 is 0 Å². The first kappa shape index (κ1) is 14.6. The second-order valence-electron chi connectivity index (χ2n) is 5.55. The standard InChI is InChI=1S/C16H23N3O/c1-12(14-9-17-10-14)16(20)19(4)11-13-5-7-15(8-6-13)18(2)3/h5-8,17H,9-11H2,1-4H3. The van der Waals surface area contributed by atoms with E-state index in [0.29, 0.717) is 6.54 Å². The number of likely N-dealkylation sites (N-methyl/N-ethyl adjacent to an activating group) is 1. The molecule has 1 aromatic rings. The topological polar surface area (TPSA) is 35.6 Å². The Bertz CT molecular complexity index is 511. The van der Waals surface area contributed by atoms with Crippen molar-refractivity contribution in [1.82, 2.24) is 10.2 Å². The zero-order valence-electron chi connectivity index (χ0n) is 12.7. The van der Waals surface area contributed by atoms with Gasteiger partial charge in [0.25, 0.3) is 0 Å². The van der Waals surface area contributed by atoms with Crippen LogP contribution in [0.3, 0.4) is 0 Å². The van der Waals surface area contributed by atoms with Gasteiger partial charge in [-0.3, -0.25) is 4.79 Å². The van der Waals surface area contributed by atoms with Crippen LogP contribution in [-0.2, 0) is 11.3 Å². The van der Waals surface area contributed by atoms with Crippen molar-refractivity contribution in [2.24, 2.45) is 0 Å². The van der Waals surface area contributed by atoms with Crippen LogP contribution in [0.5, 0.6) is 0 Å². The first-order valence-electron chi connectivity index (χ1n) is 6.90. The average Bonchev–Trinajstić information content (AvgIpc) is 2.36. The van der Waals surface area contributed by atoms with Crippen molar-refractivity contribution in [2.75, 3.05) is 39.1 Å². The number of nitrogens with one attached hydrogen (secondary N) is 1. The van der Waals surface area contributed by atoms with Gasteiger partial charge in [-0.2, -0.15) is 0 Å². The zero-order chi connectivity index (χ0) is 14.7. The summed E-state index contributed by atoms with van der Waals surface area (Å²) in [4.78, 5) is 16.1. The molecule has 1 aliphatic heterocycles. The van der Waals surface area contributed by atoms with Crippen molar-refractivity contribution in [3.8, 4) is 0 Å². The normalized spacial score (nSPS) is 13.7. The number of carbonyl (C=O) groups excluding carboxylic acids is 1. The minimum atomic E-state index is 0.123. The Morgan fingerprint density at radius 1 is 1.15 bits per heavy atom. The number of amides is 1. The van der Waals surface area contributed by atoms with Gasteiger partial charge in [0.2, 0.25) is 5.91 Å². The number of carbonyl (C=O) groups is 1. The molecule has 0 bridgehead atoms. The highest BCUT2D eigenvalue weighted by Crippen LogP contribution is 2.16. The molecule has 1 saturated heterocycles. The minimum absolute atomic E-state index is 0.123. The third-order valence-corrected chi connectivity index (χ3v) is 3.75. The van der Waals surface area contributed by atoms with Crippen molar-refractivity contribution < 1.29 is 4.79 Å². The lowest BCUT2D eigenvalue weighted by atomic mass is 10.0. The summed E-state index contributed by atoms with van der Waals surface area (Å²) in [5, 5.41) is 3.17. The second kappa shape index (κ2) is 6.09. The molecule has 1 aliphatic rings. The average molecular weight is 273 g/mol. The summed E-state index contributed by atoms with van der Waals surface area (Å²) >= 11 is 0. The number of anilines is 1. The molecule has 0 radical (unpaired) electrons. The van der Waals surface area contributed by atoms with E-state index in [1.807, 2.05) is 28.1 Å². The van der Waals surface area contributed by atoms with Gasteiger partial charge in [-0.25, -0.2) is 0 Å². The Morgan fingerprint density at radius 2 is 1.75 bits per heavy atom. The van der Waals surface area contributed by atoms with E-state index in [1.54, 1.807) is 4.90 Å². The Kier molecular flexibility index (Phi) is 4.45. The molecule has 2 rings (SSSR count). The molecular formula is C16H23N3O. The van der Waals surface area contributed by atoms with Gasteiger partial charge < -0.3 is 15.1 Å². The van der Waals surface area contributed by atoms with E-state index in [-0.39, 0.29) is 5.91 Å². The largest absolute Gasteiger partial charge is 0.378 e. The fourth-order valence-corrected chi connectivity index (χ4v) is 2.20. The van der Waals surface area contributed by atoms with Crippen molar-refractivity contribution >= 4 is 11.6 Å². The van der Waals surface area contributed by atoms with E-state index >= 15 is 0 Å². The summed E-state index contributed by atoms with van der Waals surface area (Å²) < 4.78 is 0. The monoisotopic (exact) mass is 273 g/mol. The van der Waals surface area contributed by atoms with E-state index in [0.717, 1.165) is 24.2 Å². The fourth-order valence-electron chi connectivity index (χ4n) is 2.20. The summed E-state index contributed by atoms with van der Waals surface area (Å²) in [6.07, 6.45) is 0. The molecule has 1 aromatic carbocycles. The van der Waals surface area contributed by atoms with E-state index < -0.39 is 0 Å². The molecule has 0 aliphatic carbocycles.